The average Bonchev–Trinajstić information content (AvgIpc) is 1.77. The van der Waals surface area contributed by atoms with Crippen LogP contribution in [0.5, 0.6) is 0 Å². The molecule has 1 aliphatic carbocycles. The maximum absolute atomic E-state index is 9.30. The fourth-order valence-electron chi connectivity index (χ4n) is 1.22. The monoisotopic (exact) mass is 341 g/mol. The van der Waals surface area contributed by atoms with Crippen LogP contribution in [-0.4, -0.2) is 21.7 Å². The number of hydrogen-bond donors (Lipinski definition) is 4. The van der Waals surface area contributed by atoms with Gasteiger partial charge >= 0.3 is 0 Å². The molecule has 0 saturated heterocycles. The van der Waals surface area contributed by atoms with E-state index in [9.17, 15) is 10.2 Å². The van der Waals surface area contributed by atoms with Crippen LogP contribution in [0.15, 0.2) is 0 Å². The molecule has 70 valence electrons. The molecule has 0 spiro atoms. The Morgan fingerprint density at radius 3 is 1.36 bits per heavy atom. The molecule has 0 unspecified atom stereocenters. The molecule has 0 heterocycles. The molecular formula is C6H14N2O2Pt. The Kier molecular flexibility index (Phi) is 3.67. The van der Waals surface area contributed by atoms with Crippen LogP contribution in [0.4, 0.5) is 0 Å². The molecule has 0 bridgehead atoms. The Morgan fingerprint density at radius 1 is 0.909 bits per heavy atom. The van der Waals surface area contributed by atoms with E-state index in [0.29, 0.717) is 12.8 Å². The van der Waals surface area contributed by atoms with Gasteiger partial charge in [0.2, 0.25) is 0 Å². The summed E-state index contributed by atoms with van der Waals surface area (Å²) in [6.45, 7) is 0. The summed E-state index contributed by atoms with van der Waals surface area (Å²) in [7, 11) is 0. The quantitative estimate of drug-likeness (QED) is 0.419. The van der Waals surface area contributed by atoms with Crippen molar-refractivity contribution >= 4 is 0 Å². The molecule has 6 N–H and O–H groups in total. The molecule has 0 aliphatic heterocycles. The van der Waals surface area contributed by atoms with Crippen LogP contribution in [0.2, 0.25) is 0 Å². The first kappa shape index (κ1) is 11.5. The zero-order valence-electron chi connectivity index (χ0n) is 6.19. The third-order valence-corrected chi connectivity index (χ3v) is 2.12. The largest absolute Gasteiger partial charge is 0.372 e. The maximum Gasteiger partial charge on any atom is 0.155 e. The molecule has 0 radical (unpaired) electrons. The SMILES string of the molecule is N[C@]1(O)CCCC[C@@]1(N)O.[Pt]. The minimum absolute atomic E-state index is 0. The van der Waals surface area contributed by atoms with Crippen molar-refractivity contribution in [2.45, 2.75) is 37.1 Å². The third-order valence-electron chi connectivity index (χ3n) is 2.12. The Bertz CT molecular complexity index is 123. The van der Waals surface area contributed by atoms with Crippen molar-refractivity contribution < 1.29 is 31.3 Å². The van der Waals surface area contributed by atoms with Crippen LogP contribution in [0.3, 0.4) is 0 Å². The molecule has 1 saturated carbocycles. The molecule has 4 nitrogen and oxygen atoms in total. The van der Waals surface area contributed by atoms with Crippen molar-refractivity contribution in [1.29, 1.82) is 0 Å². The molecule has 11 heavy (non-hydrogen) atoms. The van der Waals surface area contributed by atoms with Crippen molar-refractivity contribution in [2.75, 3.05) is 0 Å². The topological polar surface area (TPSA) is 92.5 Å². The second-order valence-electron chi connectivity index (χ2n) is 3.06. The van der Waals surface area contributed by atoms with Crippen molar-refractivity contribution in [3.63, 3.8) is 0 Å². The minimum atomic E-state index is -1.59. The van der Waals surface area contributed by atoms with Crippen LogP contribution in [0, 0.1) is 0 Å². The first-order valence-electron chi connectivity index (χ1n) is 3.48. The molecule has 0 aromatic heterocycles. The van der Waals surface area contributed by atoms with Crippen molar-refractivity contribution in [3.05, 3.63) is 0 Å². The second kappa shape index (κ2) is 3.50. The summed E-state index contributed by atoms with van der Waals surface area (Å²) in [5.41, 5.74) is 7.49. The van der Waals surface area contributed by atoms with Crippen LogP contribution in [0.25, 0.3) is 0 Å². The van der Waals surface area contributed by atoms with E-state index < -0.39 is 11.4 Å². The van der Waals surface area contributed by atoms with E-state index in [1.807, 2.05) is 0 Å². The zero-order chi connectivity index (χ0) is 7.83. The van der Waals surface area contributed by atoms with Crippen molar-refractivity contribution in [1.82, 2.24) is 0 Å². The van der Waals surface area contributed by atoms with Gasteiger partial charge in [-0.2, -0.15) is 0 Å². The molecular weight excluding hydrogens is 327 g/mol. The van der Waals surface area contributed by atoms with Gasteiger partial charge < -0.3 is 21.7 Å². The maximum atomic E-state index is 9.30. The Balaban J connectivity index is 0.000001000. The van der Waals surface area contributed by atoms with Gasteiger partial charge in [0.15, 0.2) is 11.4 Å². The van der Waals surface area contributed by atoms with Crippen LogP contribution in [0.1, 0.15) is 25.7 Å². The smallest absolute Gasteiger partial charge is 0.155 e. The Labute approximate surface area is 80.2 Å². The number of hydrogen-bond acceptors (Lipinski definition) is 4. The van der Waals surface area contributed by atoms with Crippen molar-refractivity contribution in [2.24, 2.45) is 11.5 Å². The van der Waals surface area contributed by atoms with Crippen molar-refractivity contribution in [3.8, 4) is 0 Å². The van der Waals surface area contributed by atoms with Crippen LogP contribution in [-0.2, 0) is 21.1 Å². The molecule has 1 fully saturated rings. The first-order chi connectivity index (χ1) is 4.46. The van der Waals surface area contributed by atoms with Gasteiger partial charge in [-0.15, -0.1) is 0 Å². The van der Waals surface area contributed by atoms with E-state index in [1.165, 1.54) is 0 Å². The summed E-state index contributed by atoms with van der Waals surface area (Å²) < 4.78 is 0. The van der Waals surface area contributed by atoms with E-state index in [1.54, 1.807) is 0 Å². The zero-order valence-corrected chi connectivity index (χ0v) is 8.47. The second-order valence-corrected chi connectivity index (χ2v) is 3.06. The summed E-state index contributed by atoms with van der Waals surface area (Å²) in [6.07, 6.45) is 2.40. The molecule has 1 aliphatic rings. The fourth-order valence-corrected chi connectivity index (χ4v) is 1.22. The summed E-state index contributed by atoms with van der Waals surface area (Å²) in [4.78, 5) is 0. The van der Waals surface area contributed by atoms with Gasteiger partial charge in [0.1, 0.15) is 0 Å². The molecule has 2 atom stereocenters. The predicted octanol–water partition coefficient (Wildman–Crippen LogP) is -1.15. The standard InChI is InChI=1S/C6H14N2O2.Pt/c7-5(9)3-1-2-4-6(5,8)10;/h9-10H,1-4,7-8H2;/t5-,6+;. The Hall–Kier alpha value is 0.528. The predicted molar refractivity (Wildman–Crippen MR) is 36.7 cm³/mol. The Morgan fingerprint density at radius 2 is 1.18 bits per heavy atom. The summed E-state index contributed by atoms with van der Waals surface area (Å²) in [5, 5.41) is 18.6. The molecule has 0 aromatic rings. The molecule has 0 amide bonds. The van der Waals surface area contributed by atoms with Crippen LogP contribution >= 0.6 is 0 Å². The summed E-state index contributed by atoms with van der Waals surface area (Å²) in [6, 6.07) is 0. The third kappa shape index (κ3) is 2.23. The molecule has 5 heteroatoms. The number of nitrogens with two attached hydrogens (primary N) is 2. The van der Waals surface area contributed by atoms with E-state index in [2.05, 4.69) is 0 Å². The van der Waals surface area contributed by atoms with E-state index >= 15 is 0 Å². The van der Waals surface area contributed by atoms with Gasteiger partial charge in [-0.1, -0.05) is 0 Å². The van der Waals surface area contributed by atoms with Gasteiger partial charge in [0.05, 0.1) is 0 Å². The van der Waals surface area contributed by atoms with Gasteiger partial charge in [-0.3, -0.25) is 0 Å². The molecule has 1 rings (SSSR count). The number of rotatable bonds is 0. The van der Waals surface area contributed by atoms with Gasteiger partial charge in [-0.25, -0.2) is 0 Å². The van der Waals surface area contributed by atoms with E-state index in [-0.39, 0.29) is 21.1 Å². The minimum Gasteiger partial charge on any atom is -0.372 e. The first-order valence-corrected chi connectivity index (χ1v) is 3.48. The fraction of sp³-hybridized carbons (Fsp3) is 1.00. The van der Waals surface area contributed by atoms with Gasteiger partial charge in [0, 0.05) is 21.1 Å². The number of aliphatic hydroxyl groups is 2. The summed E-state index contributed by atoms with van der Waals surface area (Å²) >= 11 is 0. The van der Waals surface area contributed by atoms with E-state index in [0.717, 1.165) is 12.8 Å². The summed E-state index contributed by atoms with van der Waals surface area (Å²) in [5.74, 6) is 0. The molecule has 0 aromatic carbocycles. The normalized spacial score (nSPS) is 44.7. The van der Waals surface area contributed by atoms with E-state index in [4.69, 9.17) is 11.5 Å². The van der Waals surface area contributed by atoms with Gasteiger partial charge in [-0.05, 0) is 25.7 Å². The van der Waals surface area contributed by atoms with Gasteiger partial charge in [0.25, 0.3) is 0 Å². The average molecular weight is 341 g/mol. The van der Waals surface area contributed by atoms with Crippen LogP contribution < -0.4 is 11.5 Å².